The fraction of sp³-hybridized carbons (Fsp3) is 0.571. The topological polar surface area (TPSA) is 113 Å². The van der Waals surface area contributed by atoms with Crippen LogP contribution in [-0.4, -0.2) is 34.3 Å². The minimum atomic E-state index is -5.07. The van der Waals surface area contributed by atoms with Gasteiger partial charge < -0.3 is 4.74 Å². The third kappa shape index (κ3) is 3.40. The number of hydrogen-bond donors (Lipinski definition) is 0. The largest absolute Gasteiger partial charge is 0.488 e. The highest BCUT2D eigenvalue weighted by molar-refractivity contribution is 5.89. The Hall–Kier alpha value is -2.20. The number of nitro groups is 2. The lowest BCUT2D eigenvalue weighted by Gasteiger charge is -2.14. The molecule has 8 nitrogen and oxygen atoms in total. The number of carbonyl (C=O) groups is 1. The van der Waals surface area contributed by atoms with Crippen LogP contribution in [0.25, 0.3) is 0 Å². The molecule has 0 unspecified atom stereocenters. The van der Waals surface area contributed by atoms with E-state index in [9.17, 15) is 38.2 Å². The van der Waals surface area contributed by atoms with Crippen molar-refractivity contribution in [3.63, 3.8) is 0 Å². The minimum Gasteiger partial charge on any atom is -0.446 e. The maximum absolute atomic E-state index is 12.0. The molecule has 0 saturated heterocycles. The monoisotopic (exact) mass is 272 g/mol. The molecule has 0 atom stereocenters. The van der Waals surface area contributed by atoms with Crippen LogP contribution in [0.2, 0.25) is 0 Å². The van der Waals surface area contributed by atoms with Gasteiger partial charge in [0.05, 0.1) is 6.92 Å². The Bertz CT molecular complexity index is 390. The van der Waals surface area contributed by atoms with E-state index in [1.807, 2.05) is 0 Å². The number of nitrogens with zero attached hydrogens (tertiary/aromatic N) is 2. The Morgan fingerprint density at radius 1 is 1.28 bits per heavy atom. The smallest absolute Gasteiger partial charge is 0.446 e. The lowest BCUT2D eigenvalue weighted by Crippen LogP contribution is -2.48. The van der Waals surface area contributed by atoms with Crippen LogP contribution in [0.4, 0.5) is 13.2 Å². The maximum atomic E-state index is 12.0. The normalized spacial score (nSPS) is 11.8. The molecule has 0 aromatic heterocycles. The molecular formula is C7H7F3N2O6. The molecule has 0 aliphatic rings. The first-order chi connectivity index (χ1) is 7.93. The highest BCUT2D eigenvalue weighted by Crippen LogP contribution is 2.25. The average Bonchev–Trinajstić information content (AvgIpc) is 2.22. The molecule has 0 saturated carbocycles. The fourth-order valence-electron chi connectivity index (χ4n) is 0.577. The molecule has 18 heavy (non-hydrogen) atoms. The predicted molar refractivity (Wildman–Crippen MR) is 48.5 cm³/mol. The van der Waals surface area contributed by atoms with Crippen LogP contribution in [-0.2, 0) is 9.53 Å². The molecule has 0 rings (SSSR count). The Morgan fingerprint density at radius 2 is 1.67 bits per heavy atom. The van der Waals surface area contributed by atoms with Gasteiger partial charge in [0.1, 0.15) is 15.4 Å². The van der Waals surface area contributed by atoms with E-state index in [2.05, 4.69) is 11.3 Å². The number of alkyl halides is 3. The van der Waals surface area contributed by atoms with Crippen LogP contribution >= 0.6 is 0 Å². The van der Waals surface area contributed by atoms with E-state index < -0.39 is 39.8 Å². The van der Waals surface area contributed by atoms with Crippen molar-refractivity contribution in [1.82, 2.24) is 0 Å². The third-order valence-electron chi connectivity index (χ3n) is 1.85. The number of halogens is 3. The molecule has 0 radical (unpaired) electrons. The molecule has 11 heteroatoms. The summed E-state index contributed by atoms with van der Waals surface area (Å²) in [6.07, 6.45) is -5.07. The standard InChI is InChI=1S/C7H7F3N2O6/c1-4(7(8,9)10)5(13)18-3-6(2,11(14)15)12(16)17/h1,3H2,2H3. The maximum Gasteiger partial charge on any atom is 0.488 e. The molecular weight excluding hydrogens is 265 g/mol. The molecule has 0 heterocycles. The molecule has 0 N–H and O–H groups in total. The summed E-state index contributed by atoms with van der Waals surface area (Å²) in [5.41, 5.74) is -4.82. The van der Waals surface area contributed by atoms with Gasteiger partial charge in [-0.2, -0.15) is 13.2 Å². The van der Waals surface area contributed by atoms with Crippen molar-refractivity contribution >= 4 is 5.97 Å². The summed E-state index contributed by atoms with van der Waals surface area (Å²) in [7, 11) is 0. The number of ether oxygens (including phenoxy) is 1. The molecule has 102 valence electrons. The number of hydrogen-bond acceptors (Lipinski definition) is 6. The third-order valence-corrected chi connectivity index (χ3v) is 1.85. The summed E-state index contributed by atoms with van der Waals surface area (Å²) in [5.74, 6) is -2.00. The summed E-state index contributed by atoms with van der Waals surface area (Å²) in [6, 6.07) is 0. The van der Waals surface area contributed by atoms with Gasteiger partial charge in [-0.3, -0.25) is 20.2 Å². The number of rotatable bonds is 5. The molecule has 0 aromatic rings. The predicted octanol–water partition coefficient (Wildman–Crippen LogP) is 0.918. The van der Waals surface area contributed by atoms with Crippen molar-refractivity contribution in [2.45, 2.75) is 18.8 Å². The second-order valence-corrected chi connectivity index (χ2v) is 3.28. The van der Waals surface area contributed by atoms with Crippen LogP contribution in [0.15, 0.2) is 12.2 Å². The zero-order valence-corrected chi connectivity index (χ0v) is 8.89. The molecule has 0 aromatic carbocycles. The summed E-state index contributed by atoms with van der Waals surface area (Å²) in [6.45, 7) is 1.43. The highest BCUT2D eigenvalue weighted by atomic mass is 19.4. The van der Waals surface area contributed by atoms with Crippen LogP contribution in [0.1, 0.15) is 6.92 Å². The second kappa shape index (κ2) is 4.98. The van der Waals surface area contributed by atoms with Gasteiger partial charge in [0.2, 0.25) is 6.61 Å². The van der Waals surface area contributed by atoms with Crippen molar-refractivity contribution in [2.75, 3.05) is 6.61 Å². The molecule has 0 aliphatic heterocycles. The highest BCUT2D eigenvalue weighted by Gasteiger charge is 2.53. The summed E-state index contributed by atoms with van der Waals surface area (Å²) in [5, 5.41) is 20.7. The quantitative estimate of drug-likeness (QED) is 0.242. The van der Waals surface area contributed by atoms with Gasteiger partial charge in [0, 0.05) is 0 Å². The first kappa shape index (κ1) is 15.8. The lowest BCUT2D eigenvalue weighted by atomic mass is 10.2. The van der Waals surface area contributed by atoms with Crippen molar-refractivity contribution in [3.05, 3.63) is 32.4 Å². The fourth-order valence-corrected chi connectivity index (χ4v) is 0.577. The number of carbonyl (C=O) groups excluding carboxylic acids is 1. The number of esters is 1. The van der Waals surface area contributed by atoms with E-state index in [-0.39, 0.29) is 0 Å². The first-order valence-corrected chi connectivity index (χ1v) is 4.15. The van der Waals surface area contributed by atoms with E-state index in [0.717, 1.165) is 0 Å². The van der Waals surface area contributed by atoms with E-state index in [0.29, 0.717) is 6.92 Å². The van der Waals surface area contributed by atoms with Crippen molar-refractivity contribution < 1.29 is 32.5 Å². The zero-order valence-electron chi connectivity index (χ0n) is 8.89. The van der Waals surface area contributed by atoms with E-state index >= 15 is 0 Å². The molecule has 0 aliphatic carbocycles. The minimum absolute atomic E-state index is 0.497. The Kier molecular flexibility index (Phi) is 4.37. The second-order valence-electron chi connectivity index (χ2n) is 3.28. The average molecular weight is 272 g/mol. The van der Waals surface area contributed by atoms with Gasteiger partial charge in [-0.25, -0.2) is 4.79 Å². The van der Waals surface area contributed by atoms with Gasteiger partial charge >= 0.3 is 17.8 Å². The first-order valence-electron chi connectivity index (χ1n) is 4.15. The summed E-state index contributed by atoms with van der Waals surface area (Å²) >= 11 is 0. The van der Waals surface area contributed by atoms with Crippen LogP contribution in [0.3, 0.4) is 0 Å². The Labute approximate surface area is 97.3 Å². The van der Waals surface area contributed by atoms with Crippen LogP contribution in [0, 0.1) is 20.2 Å². The van der Waals surface area contributed by atoms with Crippen molar-refractivity contribution in [1.29, 1.82) is 0 Å². The lowest BCUT2D eigenvalue weighted by molar-refractivity contribution is -0.793. The SMILES string of the molecule is C=C(C(=O)OCC(C)([N+](=O)[O-])[N+](=O)[O-])C(F)(F)F. The molecule has 0 spiro atoms. The Morgan fingerprint density at radius 3 is 1.94 bits per heavy atom. The Balaban J connectivity index is 4.77. The van der Waals surface area contributed by atoms with E-state index in [1.54, 1.807) is 0 Å². The van der Waals surface area contributed by atoms with Gasteiger partial charge in [0.15, 0.2) is 0 Å². The molecule has 0 amide bonds. The van der Waals surface area contributed by atoms with Gasteiger partial charge in [-0.15, -0.1) is 0 Å². The van der Waals surface area contributed by atoms with Crippen LogP contribution in [0.5, 0.6) is 0 Å². The summed E-state index contributed by atoms with van der Waals surface area (Å²) in [4.78, 5) is 28.8. The molecule has 0 bridgehead atoms. The van der Waals surface area contributed by atoms with Crippen molar-refractivity contribution in [2.24, 2.45) is 0 Å². The van der Waals surface area contributed by atoms with Gasteiger partial charge in [0.25, 0.3) is 0 Å². The van der Waals surface area contributed by atoms with Crippen LogP contribution < -0.4 is 0 Å². The molecule has 0 fully saturated rings. The van der Waals surface area contributed by atoms with Crippen molar-refractivity contribution in [3.8, 4) is 0 Å². The van der Waals surface area contributed by atoms with Gasteiger partial charge in [-0.05, 0) is 0 Å². The van der Waals surface area contributed by atoms with E-state index in [1.165, 1.54) is 0 Å². The van der Waals surface area contributed by atoms with E-state index in [4.69, 9.17) is 0 Å². The zero-order chi connectivity index (χ0) is 14.7. The van der Waals surface area contributed by atoms with Gasteiger partial charge in [-0.1, -0.05) is 6.58 Å². The summed E-state index contributed by atoms with van der Waals surface area (Å²) < 4.78 is 39.8.